The van der Waals surface area contributed by atoms with Gasteiger partial charge in [0.25, 0.3) is 5.91 Å². The van der Waals surface area contributed by atoms with Crippen LogP contribution in [0.15, 0.2) is 36.5 Å². The third-order valence-electron chi connectivity index (χ3n) is 4.86. The second-order valence-electron chi connectivity index (χ2n) is 7.23. The number of nitrogens with two attached hydrogens (primary N) is 1. The molecule has 1 amide bonds. The summed E-state index contributed by atoms with van der Waals surface area (Å²) < 4.78 is 0. The van der Waals surface area contributed by atoms with Gasteiger partial charge in [-0.2, -0.15) is 0 Å². The maximum atomic E-state index is 11.9. The Morgan fingerprint density at radius 2 is 2.08 bits per heavy atom. The largest absolute Gasteiger partial charge is 0.351 e. The molecule has 5 nitrogen and oxygen atoms in total. The number of nitrogens with zero attached hydrogens (tertiary/aromatic N) is 2. The van der Waals surface area contributed by atoms with Crippen molar-refractivity contribution < 1.29 is 4.79 Å². The Hall–Kier alpha value is -2.24. The van der Waals surface area contributed by atoms with Gasteiger partial charge in [0, 0.05) is 56.6 Å². The minimum absolute atomic E-state index is 0.0683. The predicted molar refractivity (Wildman–Crippen MR) is 104 cm³/mol. The minimum Gasteiger partial charge on any atom is -0.351 e. The number of carbonyl (C=O) groups is 1. The Morgan fingerprint density at radius 1 is 1.31 bits per heavy atom. The SMILES string of the molecule is CC(C)c1cnc2c(c1)CN(Cc1ccc(C(=O)NCCN)cc1)CC2. The number of fused-ring (bicyclic) bond motifs is 1. The van der Waals surface area contributed by atoms with Crippen molar-refractivity contribution in [3.05, 3.63) is 64.5 Å². The molecule has 3 N–H and O–H groups in total. The maximum absolute atomic E-state index is 11.9. The number of hydrogen-bond donors (Lipinski definition) is 2. The summed E-state index contributed by atoms with van der Waals surface area (Å²) in [6.45, 7) is 8.19. The van der Waals surface area contributed by atoms with Crippen LogP contribution in [0.25, 0.3) is 0 Å². The van der Waals surface area contributed by atoms with Gasteiger partial charge in [0.15, 0.2) is 0 Å². The molecule has 0 saturated heterocycles. The number of amides is 1. The average Bonchev–Trinajstić information content (AvgIpc) is 2.66. The number of rotatable bonds is 6. The molecule has 0 radical (unpaired) electrons. The fourth-order valence-electron chi connectivity index (χ4n) is 3.26. The summed E-state index contributed by atoms with van der Waals surface area (Å²) in [7, 11) is 0. The molecule has 0 aliphatic carbocycles. The number of carbonyl (C=O) groups excluding carboxylic acids is 1. The van der Waals surface area contributed by atoms with Gasteiger partial charge in [-0.25, -0.2) is 0 Å². The van der Waals surface area contributed by atoms with Crippen LogP contribution in [0, 0.1) is 0 Å². The molecule has 1 aromatic carbocycles. The van der Waals surface area contributed by atoms with E-state index in [9.17, 15) is 4.79 Å². The lowest BCUT2D eigenvalue weighted by Gasteiger charge is -2.28. The van der Waals surface area contributed by atoms with Gasteiger partial charge in [-0.1, -0.05) is 32.0 Å². The van der Waals surface area contributed by atoms with Crippen LogP contribution in [0.4, 0.5) is 0 Å². The lowest BCUT2D eigenvalue weighted by molar-refractivity contribution is 0.0954. The van der Waals surface area contributed by atoms with Crippen LogP contribution in [-0.4, -0.2) is 35.4 Å². The van der Waals surface area contributed by atoms with Crippen molar-refractivity contribution in [2.24, 2.45) is 5.73 Å². The Labute approximate surface area is 155 Å². The van der Waals surface area contributed by atoms with E-state index in [2.05, 4.69) is 35.1 Å². The summed E-state index contributed by atoms with van der Waals surface area (Å²) in [5, 5.41) is 2.79. The summed E-state index contributed by atoms with van der Waals surface area (Å²) in [5.74, 6) is 0.433. The highest BCUT2D eigenvalue weighted by Crippen LogP contribution is 2.23. The molecule has 138 valence electrons. The molecule has 5 heteroatoms. The Morgan fingerprint density at radius 3 is 2.77 bits per heavy atom. The zero-order chi connectivity index (χ0) is 18.5. The van der Waals surface area contributed by atoms with Crippen LogP contribution in [0.1, 0.15) is 52.5 Å². The van der Waals surface area contributed by atoms with Crippen molar-refractivity contribution in [3.63, 3.8) is 0 Å². The van der Waals surface area contributed by atoms with Gasteiger partial charge in [-0.15, -0.1) is 0 Å². The zero-order valence-electron chi connectivity index (χ0n) is 15.7. The quantitative estimate of drug-likeness (QED) is 0.838. The van der Waals surface area contributed by atoms with Gasteiger partial charge in [0.05, 0.1) is 0 Å². The van der Waals surface area contributed by atoms with Gasteiger partial charge in [-0.05, 0) is 34.7 Å². The summed E-state index contributed by atoms with van der Waals surface area (Å²) in [6, 6.07) is 10.2. The van der Waals surface area contributed by atoms with Crippen LogP contribution in [-0.2, 0) is 19.5 Å². The average molecular weight is 352 g/mol. The van der Waals surface area contributed by atoms with E-state index in [1.54, 1.807) is 0 Å². The predicted octanol–water partition coefficient (Wildman–Crippen LogP) is 2.45. The van der Waals surface area contributed by atoms with E-state index < -0.39 is 0 Å². The highest BCUT2D eigenvalue weighted by atomic mass is 16.1. The molecule has 0 saturated carbocycles. The molecule has 26 heavy (non-hydrogen) atoms. The van der Waals surface area contributed by atoms with E-state index in [1.807, 2.05) is 30.5 Å². The number of hydrogen-bond acceptors (Lipinski definition) is 4. The Kier molecular flexibility index (Phi) is 6.01. The highest BCUT2D eigenvalue weighted by molar-refractivity contribution is 5.94. The first-order valence-electron chi connectivity index (χ1n) is 9.34. The van der Waals surface area contributed by atoms with Gasteiger partial charge in [0.1, 0.15) is 0 Å². The minimum atomic E-state index is -0.0683. The summed E-state index contributed by atoms with van der Waals surface area (Å²) in [5.41, 5.74) is 11.2. The summed E-state index contributed by atoms with van der Waals surface area (Å²) >= 11 is 0. The first-order chi connectivity index (χ1) is 12.6. The van der Waals surface area contributed by atoms with E-state index in [-0.39, 0.29) is 5.91 Å². The smallest absolute Gasteiger partial charge is 0.251 e. The molecule has 2 aromatic rings. The van der Waals surface area contributed by atoms with Crippen molar-refractivity contribution >= 4 is 5.91 Å². The van der Waals surface area contributed by atoms with Crippen molar-refractivity contribution in [2.75, 3.05) is 19.6 Å². The third-order valence-corrected chi connectivity index (χ3v) is 4.86. The molecule has 0 unspecified atom stereocenters. The van der Waals surface area contributed by atoms with Gasteiger partial charge in [0.2, 0.25) is 0 Å². The zero-order valence-corrected chi connectivity index (χ0v) is 15.7. The molecule has 0 bridgehead atoms. The lowest BCUT2D eigenvalue weighted by Crippen LogP contribution is -2.31. The summed E-state index contributed by atoms with van der Waals surface area (Å²) in [4.78, 5) is 19.0. The van der Waals surface area contributed by atoms with Crippen LogP contribution in [0.5, 0.6) is 0 Å². The molecule has 0 spiro atoms. The van der Waals surface area contributed by atoms with Crippen molar-refractivity contribution in [1.29, 1.82) is 0 Å². The number of benzene rings is 1. The monoisotopic (exact) mass is 352 g/mol. The van der Waals surface area contributed by atoms with Gasteiger partial charge >= 0.3 is 0 Å². The van der Waals surface area contributed by atoms with Crippen LogP contribution in [0.2, 0.25) is 0 Å². The second-order valence-corrected chi connectivity index (χ2v) is 7.23. The maximum Gasteiger partial charge on any atom is 0.251 e. The number of aromatic nitrogens is 1. The van der Waals surface area contributed by atoms with Gasteiger partial charge in [-0.3, -0.25) is 14.7 Å². The fraction of sp³-hybridized carbons (Fsp3) is 0.429. The van der Waals surface area contributed by atoms with Crippen LogP contribution < -0.4 is 11.1 Å². The Balaban J connectivity index is 1.63. The van der Waals surface area contributed by atoms with Crippen LogP contribution >= 0.6 is 0 Å². The molecule has 0 atom stereocenters. The van der Waals surface area contributed by atoms with E-state index >= 15 is 0 Å². The normalized spacial score (nSPS) is 14.3. The van der Waals surface area contributed by atoms with E-state index in [0.29, 0.717) is 24.6 Å². The molecular weight excluding hydrogens is 324 g/mol. The van der Waals surface area contributed by atoms with Crippen LogP contribution in [0.3, 0.4) is 0 Å². The standard InChI is InChI=1S/C21H28N4O/c1-15(2)18-11-19-14-25(10-7-20(19)24-12-18)13-16-3-5-17(6-4-16)21(26)23-9-8-22/h3-6,11-12,15H,7-10,13-14,22H2,1-2H3,(H,23,26). The fourth-order valence-corrected chi connectivity index (χ4v) is 3.26. The number of pyridine rings is 1. The van der Waals surface area contributed by atoms with E-state index in [0.717, 1.165) is 26.1 Å². The lowest BCUT2D eigenvalue weighted by atomic mass is 9.98. The van der Waals surface area contributed by atoms with Crippen molar-refractivity contribution in [1.82, 2.24) is 15.2 Å². The highest BCUT2D eigenvalue weighted by Gasteiger charge is 2.18. The molecule has 1 aliphatic rings. The topological polar surface area (TPSA) is 71.2 Å². The van der Waals surface area contributed by atoms with Crippen molar-refractivity contribution in [2.45, 2.75) is 39.3 Å². The number of nitrogens with one attached hydrogen (secondary N) is 1. The van der Waals surface area contributed by atoms with Gasteiger partial charge < -0.3 is 11.1 Å². The first-order valence-corrected chi connectivity index (χ1v) is 9.34. The van der Waals surface area contributed by atoms with Crippen molar-refractivity contribution in [3.8, 4) is 0 Å². The molecular formula is C21H28N4O. The molecule has 3 rings (SSSR count). The molecule has 1 aliphatic heterocycles. The molecule has 1 aromatic heterocycles. The summed E-state index contributed by atoms with van der Waals surface area (Å²) in [6.07, 6.45) is 3.01. The molecule has 0 fully saturated rings. The first kappa shape index (κ1) is 18.5. The molecule has 2 heterocycles. The second kappa shape index (κ2) is 8.43. The van der Waals surface area contributed by atoms with E-state index in [4.69, 9.17) is 5.73 Å². The Bertz CT molecular complexity index is 755. The van der Waals surface area contributed by atoms with E-state index in [1.165, 1.54) is 22.4 Å². The third kappa shape index (κ3) is 4.48.